The maximum atomic E-state index is 12.0. The molecular weight excluding hydrogens is 264 g/mol. The molecule has 0 saturated heterocycles. The highest BCUT2D eigenvalue weighted by molar-refractivity contribution is 6.00. The van der Waals surface area contributed by atoms with Crippen molar-refractivity contribution >= 4 is 11.6 Å². The molecule has 0 spiro atoms. The number of hydrogen-bond acceptors (Lipinski definition) is 3. The second-order valence-electron chi connectivity index (χ2n) is 4.73. The fourth-order valence-electron chi connectivity index (χ4n) is 1.80. The SMILES string of the molecule is COc1ccc(C(=O)NN=C(C)c2ccc(C)cc2)cc1. The molecule has 108 valence electrons. The van der Waals surface area contributed by atoms with E-state index in [0.717, 1.165) is 11.3 Å². The number of nitrogens with one attached hydrogen (secondary N) is 1. The molecule has 0 aliphatic heterocycles. The van der Waals surface area contributed by atoms with E-state index < -0.39 is 0 Å². The number of benzene rings is 2. The zero-order valence-corrected chi connectivity index (χ0v) is 12.4. The Kier molecular flexibility index (Phi) is 4.72. The number of rotatable bonds is 4. The normalized spacial score (nSPS) is 11.1. The van der Waals surface area contributed by atoms with Gasteiger partial charge in [-0.3, -0.25) is 4.79 Å². The fraction of sp³-hybridized carbons (Fsp3) is 0.176. The second-order valence-corrected chi connectivity index (χ2v) is 4.73. The van der Waals surface area contributed by atoms with Crippen molar-refractivity contribution in [1.82, 2.24) is 5.43 Å². The van der Waals surface area contributed by atoms with Gasteiger partial charge in [0.1, 0.15) is 5.75 Å². The molecule has 0 unspecified atom stereocenters. The van der Waals surface area contributed by atoms with Crippen molar-refractivity contribution in [2.75, 3.05) is 7.11 Å². The Morgan fingerprint density at radius 2 is 1.57 bits per heavy atom. The average molecular weight is 282 g/mol. The Bertz CT molecular complexity index is 643. The van der Waals surface area contributed by atoms with Crippen LogP contribution in [-0.2, 0) is 0 Å². The summed E-state index contributed by atoms with van der Waals surface area (Å²) in [5.74, 6) is 0.468. The van der Waals surface area contributed by atoms with E-state index in [0.29, 0.717) is 11.3 Å². The van der Waals surface area contributed by atoms with Crippen LogP contribution in [-0.4, -0.2) is 18.7 Å². The van der Waals surface area contributed by atoms with E-state index in [2.05, 4.69) is 10.5 Å². The number of hydrazone groups is 1. The summed E-state index contributed by atoms with van der Waals surface area (Å²) in [6.07, 6.45) is 0. The molecule has 0 saturated carbocycles. The smallest absolute Gasteiger partial charge is 0.271 e. The molecule has 2 rings (SSSR count). The molecule has 0 aromatic heterocycles. The molecule has 2 aromatic carbocycles. The summed E-state index contributed by atoms with van der Waals surface area (Å²) < 4.78 is 5.06. The summed E-state index contributed by atoms with van der Waals surface area (Å²) in [6, 6.07) is 14.9. The first-order valence-electron chi connectivity index (χ1n) is 6.66. The van der Waals surface area contributed by atoms with Crippen molar-refractivity contribution in [2.45, 2.75) is 13.8 Å². The van der Waals surface area contributed by atoms with E-state index in [1.54, 1.807) is 31.4 Å². The lowest BCUT2D eigenvalue weighted by Gasteiger charge is -2.04. The van der Waals surface area contributed by atoms with E-state index in [9.17, 15) is 4.79 Å². The average Bonchev–Trinajstić information content (AvgIpc) is 2.53. The summed E-state index contributed by atoms with van der Waals surface area (Å²) in [6.45, 7) is 3.89. The van der Waals surface area contributed by atoms with Crippen LogP contribution >= 0.6 is 0 Å². The van der Waals surface area contributed by atoms with Crippen LogP contribution < -0.4 is 10.2 Å². The van der Waals surface area contributed by atoms with Crippen molar-refractivity contribution in [3.05, 3.63) is 65.2 Å². The standard InChI is InChI=1S/C17H18N2O2/c1-12-4-6-14(7-5-12)13(2)18-19-17(20)15-8-10-16(21-3)11-9-15/h4-11H,1-3H3,(H,19,20). The summed E-state index contributed by atoms with van der Waals surface area (Å²) >= 11 is 0. The highest BCUT2D eigenvalue weighted by Crippen LogP contribution is 2.11. The molecule has 0 bridgehead atoms. The lowest BCUT2D eigenvalue weighted by atomic mass is 10.1. The van der Waals surface area contributed by atoms with Gasteiger partial charge in [0.05, 0.1) is 12.8 Å². The molecule has 0 radical (unpaired) electrons. The lowest BCUT2D eigenvalue weighted by molar-refractivity contribution is 0.0955. The molecule has 0 heterocycles. The molecule has 0 aliphatic rings. The first-order valence-corrected chi connectivity index (χ1v) is 6.66. The molecule has 0 aliphatic carbocycles. The summed E-state index contributed by atoms with van der Waals surface area (Å²) in [5.41, 5.74) is 6.03. The second kappa shape index (κ2) is 6.70. The zero-order chi connectivity index (χ0) is 15.2. The van der Waals surface area contributed by atoms with Gasteiger partial charge in [-0.1, -0.05) is 29.8 Å². The van der Waals surface area contributed by atoms with Crippen LogP contribution in [0.1, 0.15) is 28.4 Å². The summed E-state index contributed by atoms with van der Waals surface area (Å²) in [7, 11) is 1.59. The van der Waals surface area contributed by atoms with Crippen molar-refractivity contribution < 1.29 is 9.53 Å². The number of carbonyl (C=O) groups excluding carboxylic acids is 1. The number of nitrogens with zero attached hydrogens (tertiary/aromatic N) is 1. The molecule has 0 atom stereocenters. The molecule has 1 N–H and O–H groups in total. The number of hydrogen-bond donors (Lipinski definition) is 1. The van der Waals surface area contributed by atoms with Gasteiger partial charge in [0.15, 0.2) is 0 Å². The van der Waals surface area contributed by atoms with E-state index in [-0.39, 0.29) is 5.91 Å². The number of carbonyl (C=O) groups is 1. The van der Waals surface area contributed by atoms with E-state index in [4.69, 9.17) is 4.74 Å². The van der Waals surface area contributed by atoms with Gasteiger partial charge in [0.25, 0.3) is 5.91 Å². The van der Waals surface area contributed by atoms with Gasteiger partial charge in [0, 0.05) is 5.56 Å². The van der Waals surface area contributed by atoms with Crippen LogP contribution in [0.15, 0.2) is 53.6 Å². The van der Waals surface area contributed by atoms with Gasteiger partial charge in [-0.25, -0.2) is 5.43 Å². The minimum absolute atomic E-state index is 0.246. The van der Waals surface area contributed by atoms with Gasteiger partial charge in [-0.15, -0.1) is 0 Å². The van der Waals surface area contributed by atoms with Crippen LogP contribution in [0, 0.1) is 6.92 Å². The number of amides is 1. The topological polar surface area (TPSA) is 50.7 Å². The van der Waals surface area contributed by atoms with Gasteiger partial charge >= 0.3 is 0 Å². The minimum atomic E-state index is -0.246. The third kappa shape index (κ3) is 3.92. The molecule has 0 fully saturated rings. The van der Waals surface area contributed by atoms with E-state index in [1.807, 2.05) is 38.1 Å². The maximum absolute atomic E-state index is 12.0. The molecule has 21 heavy (non-hydrogen) atoms. The largest absolute Gasteiger partial charge is 0.497 e. The highest BCUT2D eigenvalue weighted by Gasteiger charge is 2.05. The van der Waals surface area contributed by atoms with Crippen LogP contribution in [0.3, 0.4) is 0 Å². The molecule has 2 aromatic rings. The number of methoxy groups -OCH3 is 1. The van der Waals surface area contributed by atoms with Gasteiger partial charge in [0.2, 0.25) is 0 Å². The van der Waals surface area contributed by atoms with Crippen LogP contribution in [0.4, 0.5) is 0 Å². The highest BCUT2D eigenvalue weighted by atomic mass is 16.5. The Morgan fingerprint density at radius 1 is 1.00 bits per heavy atom. The van der Waals surface area contributed by atoms with Gasteiger partial charge in [-0.2, -0.15) is 5.10 Å². The third-order valence-corrected chi connectivity index (χ3v) is 3.15. The zero-order valence-electron chi connectivity index (χ0n) is 12.4. The van der Waals surface area contributed by atoms with E-state index in [1.165, 1.54) is 5.56 Å². The van der Waals surface area contributed by atoms with Crippen molar-refractivity contribution in [1.29, 1.82) is 0 Å². The molecule has 1 amide bonds. The van der Waals surface area contributed by atoms with Crippen molar-refractivity contribution in [2.24, 2.45) is 5.10 Å². The fourth-order valence-corrected chi connectivity index (χ4v) is 1.80. The van der Waals surface area contributed by atoms with Crippen molar-refractivity contribution in [3.8, 4) is 5.75 Å². The quantitative estimate of drug-likeness (QED) is 0.691. The first-order chi connectivity index (χ1) is 10.1. The number of aryl methyl sites for hydroxylation is 1. The third-order valence-electron chi connectivity index (χ3n) is 3.15. The predicted octanol–water partition coefficient (Wildman–Crippen LogP) is 3.16. The van der Waals surface area contributed by atoms with Crippen LogP contribution in [0.5, 0.6) is 5.75 Å². The Morgan fingerprint density at radius 3 is 2.14 bits per heavy atom. The maximum Gasteiger partial charge on any atom is 0.271 e. The monoisotopic (exact) mass is 282 g/mol. The van der Waals surface area contributed by atoms with Gasteiger partial charge < -0.3 is 4.74 Å². The lowest BCUT2D eigenvalue weighted by Crippen LogP contribution is -2.19. The Hall–Kier alpha value is -2.62. The Balaban J connectivity index is 2.04. The predicted molar refractivity (Wildman–Crippen MR) is 83.9 cm³/mol. The number of ether oxygens (including phenoxy) is 1. The van der Waals surface area contributed by atoms with E-state index >= 15 is 0 Å². The summed E-state index contributed by atoms with van der Waals surface area (Å²) in [5, 5.41) is 4.13. The van der Waals surface area contributed by atoms with Gasteiger partial charge in [-0.05, 0) is 43.7 Å². The van der Waals surface area contributed by atoms with Crippen LogP contribution in [0.2, 0.25) is 0 Å². The van der Waals surface area contributed by atoms with Crippen molar-refractivity contribution in [3.63, 3.8) is 0 Å². The molecule has 4 heteroatoms. The first kappa shape index (κ1) is 14.8. The molecular formula is C17H18N2O2. The minimum Gasteiger partial charge on any atom is -0.497 e. The summed E-state index contributed by atoms with van der Waals surface area (Å²) in [4.78, 5) is 12.0. The van der Waals surface area contributed by atoms with Crippen LogP contribution in [0.25, 0.3) is 0 Å². The Labute approximate surface area is 124 Å². The molecule has 4 nitrogen and oxygen atoms in total.